The molecular weight excluding hydrogens is 360 g/mol. The highest BCUT2D eigenvalue weighted by Gasteiger charge is 2.26. The van der Waals surface area contributed by atoms with Gasteiger partial charge in [0.25, 0.3) is 5.91 Å². The molecule has 3 aromatic heterocycles. The molecule has 0 N–H and O–H groups in total. The Morgan fingerprint density at radius 3 is 2.78 bits per heavy atom. The van der Waals surface area contributed by atoms with Crippen molar-refractivity contribution in [2.75, 3.05) is 31.1 Å². The standard InChI is InChI=1S/C19H18N6OS/c1-13-10-20-17-15(11-21-25(17)12-13)19(26)24-8-6-23(7-9-24)18-14-4-2-3-5-16(14)27-22-18/h2-5,10-12H,6-9H2,1H3. The van der Waals surface area contributed by atoms with E-state index < -0.39 is 0 Å². The minimum atomic E-state index is -0.0101. The van der Waals surface area contributed by atoms with Crippen LogP contribution in [0.5, 0.6) is 0 Å². The molecule has 0 saturated carbocycles. The zero-order valence-corrected chi connectivity index (χ0v) is 15.7. The van der Waals surface area contributed by atoms with Gasteiger partial charge in [-0.3, -0.25) is 4.79 Å². The minimum absolute atomic E-state index is 0.0101. The summed E-state index contributed by atoms with van der Waals surface area (Å²) in [4.78, 5) is 21.5. The molecule has 7 nitrogen and oxygen atoms in total. The number of rotatable bonds is 2. The van der Waals surface area contributed by atoms with Gasteiger partial charge in [-0.25, -0.2) is 9.50 Å². The number of hydrogen-bond donors (Lipinski definition) is 0. The number of benzene rings is 1. The fourth-order valence-corrected chi connectivity index (χ4v) is 4.31. The van der Waals surface area contributed by atoms with Gasteiger partial charge in [0, 0.05) is 44.0 Å². The summed E-state index contributed by atoms with van der Waals surface area (Å²) < 4.78 is 7.49. The van der Waals surface area contributed by atoms with Gasteiger partial charge < -0.3 is 9.80 Å². The molecule has 8 heteroatoms. The first kappa shape index (κ1) is 16.2. The van der Waals surface area contributed by atoms with E-state index in [9.17, 15) is 4.79 Å². The Hall–Kier alpha value is -3.00. The normalized spacial score (nSPS) is 15.0. The van der Waals surface area contributed by atoms with Crippen LogP contribution in [0.15, 0.2) is 42.9 Å². The van der Waals surface area contributed by atoms with E-state index >= 15 is 0 Å². The molecule has 0 atom stereocenters. The Balaban J connectivity index is 1.34. The summed E-state index contributed by atoms with van der Waals surface area (Å²) in [5, 5.41) is 5.46. The highest BCUT2D eigenvalue weighted by atomic mass is 32.1. The number of amides is 1. The maximum absolute atomic E-state index is 13.0. The Morgan fingerprint density at radius 2 is 1.93 bits per heavy atom. The second-order valence-corrected chi connectivity index (χ2v) is 7.54. The Kier molecular flexibility index (Phi) is 3.78. The molecule has 0 spiro atoms. The van der Waals surface area contributed by atoms with Crippen molar-refractivity contribution in [3.63, 3.8) is 0 Å². The predicted molar refractivity (Wildman–Crippen MR) is 105 cm³/mol. The maximum atomic E-state index is 13.0. The van der Waals surface area contributed by atoms with Crippen molar-refractivity contribution in [1.29, 1.82) is 0 Å². The number of piperazine rings is 1. The van der Waals surface area contributed by atoms with Gasteiger partial charge in [-0.15, -0.1) is 0 Å². The quantitative estimate of drug-likeness (QED) is 0.536. The summed E-state index contributed by atoms with van der Waals surface area (Å²) in [5.74, 6) is 1.01. The molecule has 4 heterocycles. The first-order valence-corrected chi connectivity index (χ1v) is 9.67. The molecule has 1 aromatic carbocycles. The third kappa shape index (κ3) is 2.73. The van der Waals surface area contributed by atoms with E-state index in [0.717, 1.165) is 24.5 Å². The molecule has 1 saturated heterocycles. The van der Waals surface area contributed by atoms with E-state index in [1.807, 2.05) is 30.2 Å². The average Bonchev–Trinajstić information content (AvgIpc) is 3.31. The van der Waals surface area contributed by atoms with E-state index in [2.05, 4.69) is 31.5 Å². The SMILES string of the molecule is Cc1cnc2c(C(=O)N3CCN(c4nsc5ccccc45)CC3)cnn2c1. The zero-order valence-electron chi connectivity index (χ0n) is 14.9. The van der Waals surface area contributed by atoms with Crippen molar-refractivity contribution < 1.29 is 4.79 Å². The van der Waals surface area contributed by atoms with Gasteiger partial charge in [0.2, 0.25) is 0 Å². The number of aryl methyl sites for hydroxylation is 1. The summed E-state index contributed by atoms with van der Waals surface area (Å²) in [6.07, 6.45) is 5.26. The van der Waals surface area contributed by atoms with Crippen LogP contribution in [0, 0.1) is 6.92 Å². The number of aromatic nitrogens is 4. The topological polar surface area (TPSA) is 66.6 Å². The van der Waals surface area contributed by atoms with E-state index in [4.69, 9.17) is 0 Å². The average molecular weight is 378 g/mol. The highest BCUT2D eigenvalue weighted by Crippen LogP contribution is 2.30. The monoisotopic (exact) mass is 378 g/mol. The van der Waals surface area contributed by atoms with Crippen LogP contribution in [0.1, 0.15) is 15.9 Å². The highest BCUT2D eigenvalue weighted by molar-refractivity contribution is 7.13. The first-order valence-electron chi connectivity index (χ1n) is 8.89. The van der Waals surface area contributed by atoms with Gasteiger partial charge >= 0.3 is 0 Å². The molecule has 27 heavy (non-hydrogen) atoms. The number of anilines is 1. The van der Waals surface area contributed by atoms with Crippen LogP contribution in [-0.4, -0.2) is 56.0 Å². The molecule has 4 aromatic rings. The van der Waals surface area contributed by atoms with Crippen LogP contribution in [0.25, 0.3) is 15.7 Å². The van der Waals surface area contributed by atoms with Crippen LogP contribution < -0.4 is 4.90 Å². The van der Waals surface area contributed by atoms with Crippen molar-refractivity contribution in [3.8, 4) is 0 Å². The van der Waals surface area contributed by atoms with Crippen molar-refractivity contribution in [2.24, 2.45) is 0 Å². The first-order chi connectivity index (χ1) is 13.2. The Bertz CT molecular complexity index is 1140. The molecule has 5 rings (SSSR count). The molecule has 136 valence electrons. The van der Waals surface area contributed by atoms with Gasteiger partial charge in [0.1, 0.15) is 11.4 Å². The largest absolute Gasteiger partial charge is 0.352 e. The number of nitrogens with zero attached hydrogens (tertiary/aromatic N) is 6. The van der Waals surface area contributed by atoms with E-state index in [1.165, 1.54) is 21.6 Å². The zero-order chi connectivity index (χ0) is 18.4. The van der Waals surface area contributed by atoms with Crippen LogP contribution in [0.3, 0.4) is 0 Å². The Labute approximate surface area is 160 Å². The molecule has 0 unspecified atom stereocenters. The summed E-state index contributed by atoms with van der Waals surface area (Å²) >= 11 is 1.52. The fraction of sp³-hybridized carbons (Fsp3) is 0.263. The second kappa shape index (κ2) is 6.31. The molecule has 1 aliphatic rings. The fourth-order valence-electron chi connectivity index (χ4n) is 3.51. The minimum Gasteiger partial charge on any atom is -0.352 e. The summed E-state index contributed by atoms with van der Waals surface area (Å²) in [6, 6.07) is 8.28. The number of carbonyl (C=O) groups excluding carboxylic acids is 1. The smallest absolute Gasteiger partial charge is 0.259 e. The lowest BCUT2D eigenvalue weighted by Crippen LogP contribution is -2.49. The van der Waals surface area contributed by atoms with Crippen LogP contribution >= 0.6 is 11.5 Å². The molecule has 1 amide bonds. The molecular formula is C19H18N6OS. The van der Waals surface area contributed by atoms with Gasteiger partial charge in [0.15, 0.2) is 5.65 Å². The van der Waals surface area contributed by atoms with E-state index in [1.54, 1.807) is 16.9 Å². The lowest BCUT2D eigenvalue weighted by atomic mass is 10.2. The van der Waals surface area contributed by atoms with E-state index in [-0.39, 0.29) is 5.91 Å². The van der Waals surface area contributed by atoms with Crippen molar-refractivity contribution in [1.82, 2.24) is 23.9 Å². The van der Waals surface area contributed by atoms with Gasteiger partial charge in [0.05, 0.1) is 10.9 Å². The lowest BCUT2D eigenvalue weighted by molar-refractivity contribution is 0.0748. The summed E-state index contributed by atoms with van der Waals surface area (Å²) in [5.41, 5.74) is 2.18. The predicted octanol–water partition coefficient (Wildman–Crippen LogP) is 2.61. The van der Waals surface area contributed by atoms with Crippen molar-refractivity contribution >= 4 is 39.0 Å². The third-order valence-electron chi connectivity index (χ3n) is 4.94. The van der Waals surface area contributed by atoms with Gasteiger partial charge in [-0.2, -0.15) is 9.47 Å². The van der Waals surface area contributed by atoms with Gasteiger partial charge in [-0.1, -0.05) is 12.1 Å². The second-order valence-electron chi connectivity index (χ2n) is 6.74. The van der Waals surface area contributed by atoms with Gasteiger partial charge in [-0.05, 0) is 36.2 Å². The van der Waals surface area contributed by atoms with Crippen molar-refractivity contribution in [3.05, 3.63) is 54.0 Å². The number of carbonyl (C=O) groups is 1. The van der Waals surface area contributed by atoms with Crippen LogP contribution in [0.4, 0.5) is 5.82 Å². The summed E-state index contributed by atoms with van der Waals surface area (Å²) in [6.45, 7) is 4.81. The molecule has 1 aliphatic heterocycles. The van der Waals surface area contributed by atoms with Crippen LogP contribution in [-0.2, 0) is 0 Å². The summed E-state index contributed by atoms with van der Waals surface area (Å²) in [7, 11) is 0. The lowest BCUT2D eigenvalue weighted by Gasteiger charge is -2.34. The molecule has 1 fully saturated rings. The number of fused-ring (bicyclic) bond motifs is 2. The maximum Gasteiger partial charge on any atom is 0.259 e. The molecule has 0 bridgehead atoms. The van der Waals surface area contributed by atoms with Crippen molar-refractivity contribution in [2.45, 2.75) is 6.92 Å². The molecule has 0 radical (unpaired) electrons. The van der Waals surface area contributed by atoms with Crippen LogP contribution in [0.2, 0.25) is 0 Å². The number of hydrogen-bond acceptors (Lipinski definition) is 6. The third-order valence-corrected chi connectivity index (χ3v) is 5.76. The molecule has 0 aliphatic carbocycles. The van der Waals surface area contributed by atoms with E-state index in [0.29, 0.717) is 24.3 Å². The Morgan fingerprint density at radius 1 is 1.11 bits per heavy atom.